The number of methoxy groups -OCH3 is 1. The van der Waals surface area contributed by atoms with Crippen molar-refractivity contribution in [1.29, 1.82) is 0 Å². The lowest BCUT2D eigenvalue weighted by Gasteiger charge is -2.33. The number of amides is 1. The molecule has 0 bridgehead atoms. The van der Waals surface area contributed by atoms with Crippen molar-refractivity contribution in [1.82, 2.24) is 14.5 Å². The highest BCUT2D eigenvalue weighted by atomic mass is 16.5. The van der Waals surface area contributed by atoms with Crippen LogP contribution < -0.4 is 4.74 Å². The number of ether oxygens (including phenoxy) is 2. The van der Waals surface area contributed by atoms with Crippen molar-refractivity contribution in [2.75, 3.05) is 13.7 Å². The second-order valence-electron chi connectivity index (χ2n) is 6.20. The molecule has 0 fully saturated rings. The van der Waals surface area contributed by atoms with Crippen LogP contribution in [0, 0.1) is 0 Å². The number of rotatable bonds is 6. The van der Waals surface area contributed by atoms with Crippen molar-refractivity contribution in [2.24, 2.45) is 0 Å². The van der Waals surface area contributed by atoms with Gasteiger partial charge in [0.25, 0.3) is 5.91 Å². The first-order valence-corrected chi connectivity index (χ1v) is 8.72. The Morgan fingerprint density at radius 3 is 2.73 bits per heavy atom. The summed E-state index contributed by atoms with van der Waals surface area (Å²) in [6, 6.07) is 8.46. The summed E-state index contributed by atoms with van der Waals surface area (Å²) in [7, 11) is 1.33. The molecule has 7 heteroatoms. The fourth-order valence-corrected chi connectivity index (χ4v) is 3.15. The molecule has 2 aromatic rings. The number of imidazole rings is 1. The Morgan fingerprint density at radius 2 is 2.04 bits per heavy atom. The van der Waals surface area contributed by atoms with Crippen molar-refractivity contribution in [2.45, 2.75) is 38.9 Å². The molecule has 0 radical (unpaired) electrons. The molecule has 2 heterocycles. The minimum absolute atomic E-state index is 0.130. The Bertz CT molecular complexity index is 772. The smallest absolute Gasteiger partial charge is 0.329 e. The van der Waals surface area contributed by atoms with Crippen LogP contribution >= 0.6 is 0 Å². The van der Waals surface area contributed by atoms with Gasteiger partial charge in [0.1, 0.15) is 11.8 Å². The number of aromatic nitrogens is 2. The van der Waals surface area contributed by atoms with E-state index in [9.17, 15) is 9.59 Å². The molecular weight excluding hydrogens is 334 g/mol. The van der Waals surface area contributed by atoms with Gasteiger partial charge in [-0.2, -0.15) is 0 Å². The highest BCUT2D eigenvalue weighted by molar-refractivity contribution is 5.86. The Balaban J connectivity index is 1.78. The fourth-order valence-electron chi connectivity index (χ4n) is 3.15. The molecule has 1 amide bonds. The number of fused-ring (bicyclic) bond motifs is 1. The molecule has 0 aliphatic carbocycles. The maximum atomic E-state index is 12.8. The first kappa shape index (κ1) is 18.0. The Morgan fingerprint density at radius 1 is 1.27 bits per heavy atom. The van der Waals surface area contributed by atoms with Gasteiger partial charge in [0, 0.05) is 13.0 Å². The molecule has 1 unspecified atom stereocenters. The number of hydrogen-bond donors (Lipinski definition) is 0. The van der Waals surface area contributed by atoms with Crippen molar-refractivity contribution < 1.29 is 19.1 Å². The predicted molar refractivity (Wildman–Crippen MR) is 94.5 cm³/mol. The fraction of sp³-hybridized carbons (Fsp3) is 0.421. The molecule has 0 saturated heterocycles. The Labute approximate surface area is 152 Å². The van der Waals surface area contributed by atoms with E-state index in [1.165, 1.54) is 12.0 Å². The topological polar surface area (TPSA) is 73.7 Å². The third kappa shape index (κ3) is 3.71. The van der Waals surface area contributed by atoms with E-state index >= 15 is 0 Å². The summed E-state index contributed by atoms with van der Waals surface area (Å²) in [5.41, 5.74) is 1.82. The van der Waals surface area contributed by atoms with E-state index in [1.807, 2.05) is 22.8 Å². The molecule has 0 saturated carbocycles. The van der Waals surface area contributed by atoms with Gasteiger partial charge in [-0.3, -0.25) is 4.79 Å². The number of aryl methyl sites for hydroxylation is 1. The molecule has 1 atom stereocenters. The third-order valence-corrected chi connectivity index (χ3v) is 4.48. The summed E-state index contributed by atoms with van der Waals surface area (Å²) in [5.74, 6) is -0.0721. The van der Waals surface area contributed by atoms with E-state index in [1.54, 1.807) is 18.5 Å². The lowest BCUT2D eigenvalue weighted by molar-refractivity contribution is -0.154. The molecule has 0 spiro atoms. The standard InChI is InChI=1S/C19H23N3O4/c1-3-9-21-13-20-15-10-16(19(24)25-2)22(11-17(15)21)18(23)12-26-14-7-5-4-6-8-14/h4-8,13,16H,3,9-12H2,1-2H3. The van der Waals surface area contributed by atoms with Gasteiger partial charge in [0.15, 0.2) is 6.61 Å². The molecule has 1 aromatic carbocycles. The van der Waals surface area contributed by atoms with E-state index in [4.69, 9.17) is 9.47 Å². The van der Waals surface area contributed by atoms with Gasteiger partial charge in [-0.05, 0) is 18.6 Å². The summed E-state index contributed by atoms with van der Waals surface area (Å²) in [4.78, 5) is 30.9. The van der Waals surface area contributed by atoms with Gasteiger partial charge in [0.2, 0.25) is 0 Å². The Kier molecular flexibility index (Phi) is 5.55. The SMILES string of the molecule is CCCn1cnc2c1CN(C(=O)COc1ccccc1)C(C(=O)OC)C2. The predicted octanol–water partition coefficient (Wildman–Crippen LogP) is 1.80. The van der Waals surface area contributed by atoms with Crippen LogP contribution in [-0.2, 0) is 33.8 Å². The minimum atomic E-state index is -0.677. The zero-order chi connectivity index (χ0) is 18.5. The van der Waals surface area contributed by atoms with Gasteiger partial charge in [-0.25, -0.2) is 9.78 Å². The van der Waals surface area contributed by atoms with E-state index in [2.05, 4.69) is 11.9 Å². The summed E-state index contributed by atoms with van der Waals surface area (Å²) < 4.78 is 12.5. The largest absolute Gasteiger partial charge is 0.484 e. The van der Waals surface area contributed by atoms with Crippen LogP contribution in [0.4, 0.5) is 0 Å². The van der Waals surface area contributed by atoms with Gasteiger partial charge in [0.05, 0.1) is 31.4 Å². The molecule has 1 aromatic heterocycles. The first-order chi connectivity index (χ1) is 12.6. The number of esters is 1. The number of carbonyl (C=O) groups excluding carboxylic acids is 2. The molecule has 0 N–H and O–H groups in total. The normalized spacial score (nSPS) is 16.1. The lowest BCUT2D eigenvalue weighted by atomic mass is 10.0. The van der Waals surface area contributed by atoms with Crippen LogP contribution in [0.25, 0.3) is 0 Å². The van der Waals surface area contributed by atoms with Gasteiger partial charge >= 0.3 is 5.97 Å². The van der Waals surface area contributed by atoms with Gasteiger partial charge in [-0.1, -0.05) is 25.1 Å². The summed E-state index contributed by atoms with van der Waals surface area (Å²) in [6.45, 7) is 3.11. The number of carbonyl (C=O) groups is 2. The molecule has 7 nitrogen and oxygen atoms in total. The van der Waals surface area contributed by atoms with Crippen LogP contribution in [0.1, 0.15) is 24.7 Å². The molecule has 138 valence electrons. The van der Waals surface area contributed by atoms with Crippen LogP contribution in [0.15, 0.2) is 36.7 Å². The average molecular weight is 357 g/mol. The van der Waals surface area contributed by atoms with Crippen molar-refractivity contribution in [3.63, 3.8) is 0 Å². The molecule has 26 heavy (non-hydrogen) atoms. The number of hydrogen-bond acceptors (Lipinski definition) is 5. The van der Waals surface area contributed by atoms with Crippen LogP contribution in [0.5, 0.6) is 5.75 Å². The number of nitrogens with zero attached hydrogens (tertiary/aromatic N) is 3. The monoisotopic (exact) mass is 357 g/mol. The second-order valence-corrected chi connectivity index (χ2v) is 6.20. The van der Waals surface area contributed by atoms with Gasteiger partial charge in [-0.15, -0.1) is 0 Å². The van der Waals surface area contributed by atoms with Crippen LogP contribution in [0.3, 0.4) is 0 Å². The minimum Gasteiger partial charge on any atom is -0.484 e. The van der Waals surface area contributed by atoms with E-state index in [-0.39, 0.29) is 12.5 Å². The lowest BCUT2D eigenvalue weighted by Crippen LogP contribution is -2.51. The zero-order valence-electron chi connectivity index (χ0n) is 15.1. The molecule has 3 rings (SSSR count). The number of para-hydroxylation sites is 1. The quantitative estimate of drug-likeness (QED) is 0.737. The molecular formula is C19H23N3O4. The highest BCUT2D eigenvalue weighted by Crippen LogP contribution is 2.24. The van der Waals surface area contributed by atoms with E-state index in [0.29, 0.717) is 18.7 Å². The zero-order valence-corrected chi connectivity index (χ0v) is 15.1. The molecule has 1 aliphatic heterocycles. The Hall–Kier alpha value is -2.83. The third-order valence-electron chi connectivity index (χ3n) is 4.48. The van der Waals surface area contributed by atoms with E-state index < -0.39 is 12.0 Å². The first-order valence-electron chi connectivity index (χ1n) is 8.72. The van der Waals surface area contributed by atoms with Crippen LogP contribution in [-0.4, -0.2) is 46.1 Å². The maximum Gasteiger partial charge on any atom is 0.329 e. The van der Waals surface area contributed by atoms with Crippen molar-refractivity contribution >= 4 is 11.9 Å². The summed E-state index contributed by atoms with van der Waals surface area (Å²) in [6.07, 6.45) is 3.10. The highest BCUT2D eigenvalue weighted by Gasteiger charge is 2.37. The number of benzene rings is 1. The van der Waals surface area contributed by atoms with Crippen molar-refractivity contribution in [3.8, 4) is 5.75 Å². The van der Waals surface area contributed by atoms with E-state index in [0.717, 1.165) is 24.4 Å². The van der Waals surface area contributed by atoms with Gasteiger partial charge < -0.3 is 18.9 Å². The average Bonchev–Trinajstić information content (AvgIpc) is 3.07. The summed E-state index contributed by atoms with van der Waals surface area (Å²) in [5, 5.41) is 0. The van der Waals surface area contributed by atoms with Crippen molar-refractivity contribution in [3.05, 3.63) is 48.0 Å². The van der Waals surface area contributed by atoms with Crippen LogP contribution in [0.2, 0.25) is 0 Å². The maximum absolute atomic E-state index is 12.8. The molecule has 1 aliphatic rings. The summed E-state index contributed by atoms with van der Waals surface area (Å²) >= 11 is 0. The second kappa shape index (κ2) is 8.03.